The van der Waals surface area contributed by atoms with E-state index in [4.69, 9.17) is 22.5 Å². The van der Waals surface area contributed by atoms with Crippen molar-refractivity contribution in [3.8, 4) is 28.0 Å². The number of rotatable bonds is 3. The summed E-state index contributed by atoms with van der Waals surface area (Å²) in [5, 5.41) is 26.4. The van der Waals surface area contributed by atoms with Gasteiger partial charge in [-0.3, -0.25) is 0 Å². The Morgan fingerprint density at radius 2 is 1.83 bits per heavy atom. The Balaban J connectivity index is 2.38. The fraction of sp³-hybridized carbons (Fsp3) is 0.0556. The number of halogens is 1. The average molecular weight is 359 g/mol. The highest BCUT2D eigenvalue weighted by Crippen LogP contribution is 2.40. The van der Waals surface area contributed by atoms with Crippen molar-refractivity contribution < 1.29 is 10.3 Å². The molecular weight excluding hydrogens is 344 g/mol. The van der Waals surface area contributed by atoms with E-state index in [2.05, 4.69) is 5.16 Å². The molecule has 0 radical (unpaired) electrons. The maximum Gasteiger partial charge on any atom is 0.170 e. The third-order valence-electron chi connectivity index (χ3n) is 3.79. The van der Waals surface area contributed by atoms with Crippen molar-refractivity contribution in [3.63, 3.8) is 0 Å². The second-order valence-electron chi connectivity index (χ2n) is 5.38. The zero-order valence-corrected chi connectivity index (χ0v) is 14.4. The molecular formula is C18H15ClN2O2S. The lowest BCUT2D eigenvalue weighted by atomic mass is 9.90. The van der Waals surface area contributed by atoms with Crippen molar-refractivity contribution in [2.24, 2.45) is 10.9 Å². The number of thiophene rings is 1. The molecule has 1 aromatic heterocycles. The summed E-state index contributed by atoms with van der Waals surface area (Å²) in [6, 6.07) is 10.4. The molecule has 0 saturated carbocycles. The number of nitrogens with zero attached hydrogens (tertiary/aromatic N) is 1. The molecule has 0 aliphatic carbocycles. The minimum atomic E-state index is -0.00173. The fourth-order valence-electron chi connectivity index (χ4n) is 2.64. The third kappa shape index (κ3) is 2.96. The number of nitrogens with two attached hydrogens (primary N) is 1. The van der Waals surface area contributed by atoms with Crippen LogP contribution in [0.25, 0.3) is 22.3 Å². The van der Waals surface area contributed by atoms with E-state index in [0.717, 1.165) is 27.8 Å². The van der Waals surface area contributed by atoms with E-state index in [1.165, 1.54) is 0 Å². The molecule has 3 rings (SSSR count). The third-order valence-corrected chi connectivity index (χ3v) is 4.87. The minimum Gasteiger partial charge on any atom is -0.508 e. The van der Waals surface area contributed by atoms with Gasteiger partial charge in [-0.05, 0) is 64.2 Å². The topological polar surface area (TPSA) is 78.8 Å². The van der Waals surface area contributed by atoms with Gasteiger partial charge in [0.1, 0.15) is 5.75 Å². The molecule has 0 aliphatic heterocycles. The van der Waals surface area contributed by atoms with Crippen molar-refractivity contribution in [3.05, 3.63) is 63.3 Å². The van der Waals surface area contributed by atoms with Crippen molar-refractivity contribution >= 4 is 28.8 Å². The first-order valence-corrected chi connectivity index (χ1v) is 8.47. The number of hydrogen-bond acceptors (Lipinski definition) is 4. The largest absolute Gasteiger partial charge is 0.508 e. The molecule has 0 fully saturated rings. The zero-order chi connectivity index (χ0) is 17.3. The van der Waals surface area contributed by atoms with Crippen molar-refractivity contribution in [1.82, 2.24) is 0 Å². The molecule has 0 atom stereocenters. The number of amidine groups is 1. The van der Waals surface area contributed by atoms with Gasteiger partial charge in [0, 0.05) is 16.1 Å². The van der Waals surface area contributed by atoms with Crippen LogP contribution >= 0.6 is 22.9 Å². The Morgan fingerprint density at radius 1 is 1.12 bits per heavy atom. The van der Waals surface area contributed by atoms with E-state index in [9.17, 15) is 5.11 Å². The van der Waals surface area contributed by atoms with Gasteiger partial charge in [0.15, 0.2) is 5.84 Å². The maximum absolute atomic E-state index is 9.54. The summed E-state index contributed by atoms with van der Waals surface area (Å²) in [6.07, 6.45) is 0. The SMILES string of the molecule is Cc1cscc1-c1c(C(N)=NO)cc(Cl)cc1-c1ccc(O)cc1. The zero-order valence-electron chi connectivity index (χ0n) is 12.8. The molecule has 0 bridgehead atoms. The van der Waals surface area contributed by atoms with Gasteiger partial charge >= 0.3 is 0 Å². The molecule has 0 saturated heterocycles. The minimum absolute atomic E-state index is 0.00173. The lowest BCUT2D eigenvalue weighted by Gasteiger charge is -2.16. The molecule has 4 nitrogen and oxygen atoms in total. The number of oxime groups is 1. The fourth-order valence-corrected chi connectivity index (χ4v) is 3.70. The van der Waals surface area contributed by atoms with Gasteiger partial charge in [0.05, 0.1) is 0 Å². The van der Waals surface area contributed by atoms with Crippen molar-refractivity contribution in [2.75, 3.05) is 0 Å². The van der Waals surface area contributed by atoms with E-state index < -0.39 is 0 Å². The highest BCUT2D eigenvalue weighted by Gasteiger charge is 2.19. The summed E-state index contributed by atoms with van der Waals surface area (Å²) < 4.78 is 0. The van der Waals surface area contributed by atoms with Crippen LogP contribution in [0, 0.1) is 6.92 Å². The molecule has 3 aromatic rings. The number of hydrogen-bond donors (Lipinski definition) is 3. The maximum atomic E-state index is 9.54. The summed E-state index contributed by atoms with van der Waals surface area (Å²) in [5.74, 6) is 0.184. The standard InChI is InChI=1S/C18H15ClN2O2S/c1-10-8-24-9-16(10)17-14(11-2-4-13(22)5-3-11)6-12(19)7-15(17)18(20)21-23/h2-9,22-23H,1H3,(H2,20,21). The summed E-state index contributed by atoms with van der Waals surface area (Å²) in [4.78, 5) is 0. The highest BCUT2D eigenvalue weighted by atomic mass is 35.5. The van der Waals surface area contributed by atoms with Gasteiger partial charge in [-0.25, -0.2) is 0 Å². The first-order valence-electron chi connectivity index (χ1n) is 7.15. The summed E-state index contributed by atoms with van der Waals surface area (Å²) in [7, 11) is 0. The quantitative estimate of drug-likeness (QED) is 0.271. The van der Waals surface area contributed by atoms with E-state index in [-0.39, 0.29) is 11.6 Å². The lowest BCUT2D eigenvalue weighted by molar-refractivity contribution is 0.318. The Bertz CT molecular complexity index is 917. The number of phenols is 1. The summed E-state index contributed by atoms with van der Waals surface area (Å²) >= 11 is 7.85. The second kappa shape index (κ2) is 6.55. The van der Waals surface area contributed by atoms with Gasteiger partial charge in [-0.1, -0.05) is 28.9 Å². The van der Waals surface area contributed by atoms with E-state index in [1.807, 2.05) is 35.9 Å². The molecule has 6 heteroatoms. The molecule has 1 heterocycles. The van der Waals surface area contributed by atoms with Gasteiger partial charge < -0.3 is 16.0 Å². The summed E-state index contributed by atoms with van der Waals surface area (Å²) in [5.41, 5.74) is 11.1. The molecule has 0 aliphatic rings. The number of benzene rings is 2. The highest BCUT2D eigenvalue weighted by molar-refractivity contribution is 7.08. The lowest BCUT2D eigenvalue weighted by Crippen LogP contribution is -2.15. The normalized spacial score (nSPS) is 11.7. The molecule has 24 heavy (non-hydrogen) atoms. The molecule has 2 aromatic carbocycles. The summed E-state index contributed by atoms with van der Waals surface area (Å²) in [6.45, 7) is 2.01. The van der Waals surface area contributed by atoms with Crippen molar-refractivity contribution in [1.29, 1.82) is 0 Å². The Kier molecular flexibility index (Phi) is 4.46. The molecule has 0 amide bonds. The van der Waals surface area contributed by atoms with Gasteiger partial charge in [0.25, 0.3) is 0 Å². The molecule has 0 unspecified atom stereocenters. The van der Waals surface area contributed by atoms with Crippen LogP contribution in [0.5, 0.6) is 5.75 Å². The molecule has 122 valence electrons. The number of aryl methyl sites for hydroxylation is 1. The first-order chi connectivity index (χ1) is 11.5. The van der Waals surface area contributed by atoms with Crippen LogP contribution in [0.4, 0.5) is 0 Å². The molecule has 0 spiro atoms. The van der Waals surface area contributed by atoms with Crippen LogP contribution in [0.1, 0.15) is 11.1 Å². The smallest absolute Gasteiger partial charge is 0.170 e. The van der Waals surface area contributed by atoms with E-state index >= 15 is 0 Å². The van der Waals surface area contributed by atoms with Crippen LogP contribution in [-0.4, -0.2) is 16.1 Å². The van der Waals surface area contributed by atoms with Crippen LogP contribution < -0.4 is 5.73 Å². The van der Waals surface area contributed by atoms with Crippen molar-refractivity contribution in [2.45, 2.75) is 6.92 Å². The Hall–Kier alpha value is -2.50. The van der Waals surface area contributed by atoms with Crippen LogP contribution in [0.2, 0.25) is 5.02 Å². The van der Waals surface area contributed by atoms with Gasteiger partial charge in [-0.15, -0.1) is 0 Å². The monoisotopic (exact) mass is 358 g/mol. The predicted octanol–water partition coefficient (Wildman–Crippen LogP) is 4.84. The van der Waals surface area contributed by atoms with E-state index in [1.54, 1.807) is 29.5 Å². The van der Waals surface area contributed by atoms with Crippen LogP contribution in [0.15, 0.2) is 52.3 Å². The Labute approximate surface area is 148 Å². The molecule has 4 N–H and O–H groups in total. The van der Waals surface area contributed by atoms with Crippen LogP contribution in [-0.2, 0) is 0 Å². The van der Waals surface area contributed by atoms with Crippen LogP contribution in [0.3, 0.4) is 0 Å². The number of aromatic hydroxyl groups is 1. The second-order valence-corrected chi connectivity index (χ2v) is 6.56. The average Bonchev–Trinajstić information content (AvgIpc) is 2.99. The predicted molar refractivity (Wildman–Crippen MR) is 99.1 cm³/mol. The van der Waals surface area contributed by atoms with Gasteiger partial charge in [-0.2, -0.15) is 11.3 Å². The Morgan fingerprint density at radius 3 is 2.42 bits per heavy atom. The van der Waals surface area contributed by atoms with E-state index in [0.29, 0.717) is 10.6 Å². The van der Waals surface area contributed by atoms with Gasteiger partial charge in [0.2, 0.25) is 0 Å². The number of phenolic OH excluding ortho intramolecular Hbond substituents is 1. The first kappa shape index (κ1) is 16.4.